The van der Waals surface area contributed by atoms with E-state index in [4.69, 9.17) is 26.4 Å². The second kappa shape index (κ2) is 8.33. The molecular formula is C19H16BrNO4S2. The average molecular weight is 466 g/mol. The number of hydrogen-bond donors (Lipinski definition) is 0. The minimum atomic E-state index is -0.166. The number of amides is 1. The Balaban J connectivity index is 1.93. The fraction of sp³-hybridized carbons (Fsp3) is 0.158. The van der Waals surface area contributed by atoms with Crippen LogP contribution in [0.4, 0.5) is 5.69 Å². The summed E-state index contributed by atoms with van der Waals surface area (Å²) in [5.41, 5.74) is 1.50. The largest absolute Gasteiger partial charge is 0.497 e. The number of hydrogen-bond acceptors (Lipinski definition) is 6. The topological polar surface area (TPSA) is 48.0 Å². The smallest absolute Gasteiger partial charge is 0.270 e. The molecule has 0 radical (unpaired) electrons. The van der Waals surface area contributed by atoms with E-state index in [9.17, 15) is 4.79 Å². The monoisotopic (exact) mass is 465 g/mol. The molecule has 1 amide bonds. The van der Waals surface area contributed by atoms with Crippen molar-refractivity contribution in [2.24, 2.45) is 0 Å². The minimum absolute atomic E-state index is 0.166. The molecule has 0 N–H and O–H groups in total. The first-order valence-corrected chi connectivity index (χ1v) is 9.83. The molecular weight excluding hydrogens is 450 g/mol. The van der Waals surface area contributed by atoms with Crippen LogP contribution in [-0.4, -0.2) is 31.6 Å². The lowest BCUT2D eigenvalue weighted by atomic mass is 10.1. The molecule has 0 aromatic heterocycles. The fourth-order valence-corrected chi connectivity index (χ4v) is 4.51. The Kier molecular flexibility index (Phi) is 6.08. The number of carbonyl (C=O) groups excluding carboxylic acids is 1. The number of thiocarbonyl (C=S) groups is 1. The predicted octanol–water partition coefficient (Wildman–Crippen LogP) is 4.88. The van der Waals surface area contributed by atoms with Crippen molar-refractivity contribution in [3.05, 3.63) is 51.3 Å². The lowest BCUT2D eigenvalue weighted by Gasteiger charge is -2.14. The van der Waals surface area contributed by atoms with Crippen LogP contribution in [0.15, 0.2) is 45.8 Å². The van der Waals surface area contributed by atoms with Crippen molar-refractivity contribution in [3.8, 4) is 17.2 Å². The van der Waals surface area contributed by atoms with E-state index in [1.807, 2.05) is 12.1 Å². The molecule has 0 saturated carbocycles. The molecule has 2 aromatic carbocycles. The molecule has 0 atom stereocenters. The molecule has 8 heteroatoms. The normalized spacial score (nSPS) is 15.4. The summed E-state index contributed by atoms with van der Waals surface area (Å²) in [5, 5.41) is 0. The van der Waals surface area contributed by atoms with Crippen LogP contribution in [0.2, 0.25) is 0 Å². The molecule has 0 aliphatic carbocycles. The van der Waals surface area contributed by atoms with Gasteiger partial charge in [0, 0.05) is 0 Å². The fourth-order valence-electron chi connectivity index (χ4n) is 2.59. The summed E-state index contributed by atoms with van der Waals surface area (Å²) in [6.07, 6.45) is 1.79. The van der Waals surface area contributed by atoms with E-state index in [1.54, 1.807) is 51.7 Å². The molecule has 2 aromatic rings. The lowest BCUT2D eigenvalue weighted by molar-refractivity contribution is -0.113. The van der Waals surface area contributed by atoms with Gasteiger partial charge in [0.1, 0.15) is 5.75 Å². The standard InChI is InChI=1S/C19H16BrNO4S2/c1-23-13-6-4-12(5-7-13)21-18(22)16(27-19(21)26)10-11-8-14(20)17(25-3)15(9-11)24-2/h4-10H,1-3H3/b16-10-. The Morgan fingerprint density at radius 3 is 2.37 bits per heavy atom. The number of benzene rings is 2. The maximum absolute atomic E-state index is 12.9. The Labute approximate surface area is 175 Å². The van der Waals surface area contributed by atoms with Gasteiger partial charge in [0.15, 0.2) is 15.8 Å². The van der Waals surface area contributed by atoms with Crippen LogP contribution in [-0.2, 0) is 4.79 Å². The van der Waals surface area contributed by atoms with E-state index in [1.165, 1.54) is 16.7 Å². The van der Waals surface area contributed by atoms with Crippen molar-refractivity contribution < 1.29 is 19.0 Å². The van der Waals surface area contributed by atoms with Gasteiger partial charge in [0.2, 0.25) is 0 Å². The van der Waals surface area contributed by atoms with Crippen LogP contribution in [0.5, 0.6) is 17.2 Å². The molecule has 3 rings (SSSR count). The molecule has 1 aliphatic heterocycles. The van der Waals surface area contributed by atoms with E-state index in [2.05, 4.69) is 15.9 Å². The number of nitrogens with zero attached hydrogens (tertiary/aromatic N) is 1. The third-order valence-corrected chi connectivity index (χ3v) is 5.77. The van der Waals surface area contributed by atoms with E-state index >= 15 is 0 Å². The quantitative estimate of drug-likeness (QED) is 0.463. The van der Waals surface area contributed by atoms with Crippen molar-refractivity contribution in [1.82, 2.24) is 0 Å². The van der Waals surface area contributed by atoms with E-state index in [-0.39, 0.29) is 5.91 Å². The maximum atomic E-state index is 12.9. The van der Waals surface area contributed by atoms with Crippen LogP contribution in [0.3, 0.4) is 0 Å². The second-order valence-electron chi connectivity index (χ2n) is 5.45. The van der Waals surface area contributed by atoms with Gasteiger partial charge < -0.3 is 14.2 Å². The lowest BCUT2D eigenvalue weighted by Crippen LogP contribution is -2.27. The van der Waals surface area contributed by atoms with Crippen molar-refractivity contribution in [2.75, 3.05) is 26.2 Å². The summed E-state index contributed by atoms with van der Waals surface area (Å²) in [6.45, 7) is 0. The Hall–Kier alpha value is -2.03. The van der Waals surface area contributed by atoms with Crippen LogP contribution in [0.25, 0.3) is 6.08 Å². The van der Waals surface area contributed by atoms with E-state index < -0.39 is 0 Å². The van der Waals surface area contributed by atoms with Crippen LogP contribution in [0, 0.1) is 0 Å². The van der Waals surface area contributed by atoms with E-state index in [0.717, 1.165) is 15.8 Å². The van der Waals surface area contributed by atoms with Crippen molar-refractivity contribution in [2.45, 2.75) is 0 Å². The number of anilines is 1. The number of halogens is 1. The second-order valence-corrected chi connectivity index (χ2v) is 7.98. The predicted molar refractivity (Wildman–Crippen MR) is 116 cm³/mol. The first-order chi connectivity index (χ1) is 13.0. The molecule has 0 bridgehead atoms. The highest BCUT2D eigenvalue weighted by molar-refractivity contribution is 9.10. The minimum Gasteiger partial charge on any atom is -0.497 e. The molecule has 1 fully saturated rings. The van der Waals surface area contributed by atoms with Gasteiger partial charge in [-0.05, 0) is 64.0 Å². The first-order valence-electron chi connectivity index (χ1n) is 7.82. The van der Waals surface area contributed by atoms with Crippen LogP contribution < -0.4 is 19.1 Å². The molecule has 27 heavy (non-hydrogen) atoms. The third kappa shape index (κ3) is 3.97. The molecule has 1 aliphatic rings. The zero-order valence-electron chi connectivity index (χ0n) is 14.8. The molecule has 1 saturated heterocycles. The highest BCUT2D eigenvalue weighted by Gasteiger charge is 2.33. The van der Waals surface area contributed by atoms with Crippen molar-refractivity contribution in [3.63, 3.8) is 0 Å². The Bertz CT molecular complexity index is 928. The zero-order chi connectivity index (χ0) is 19.6. The van der Waals surface area contributed by atoms with Gasteiger partial charge in [-0.1, -0.05) is 24.0 Å². The SMILES string of the molecule is COc1ccc(N2C(=O)/C(=C/c3cc(Br)c(OC)c(OC)c3)SC2=S)cc1. The van der Waals surface area contributed by atoms with Gasteiger partial charge in [-0.3, -0.25) is 9.69 Å². The highest BCUT2D eigenvalue weighted by Crippen LogP contribution is 2.40. The van der Waals surface area contributed by atoms with Gasteiger partial charge in [0.25, 0.3) is 5.91 Å². The summed E-state index contributed by atoms with van der Waals surface area (Å²) in [6, 6.07) is 10.9. The summed E-state index contributed by atoms with van der Waals surface area (Å²) >= 11 is 10.1. The molecule has 5 nitrogen and oxygen atoms in total. The number of rotatable bonds is 5. The number of carbonyl (C=O) groups is 1. The van der Waals surface area contributed by atoms with Gasteiger partial charge in [-0.2, -0.15) is 0 Å². The van der Waals surface area contributed by atoms with E-state index in [0.29, 0.717) is 26.4 Å². The zero-order valence-corrected chi connectivity index (χ0v) is 18.0. The summed E-state index contributed by atoms with van der Waals surface area (Å²) in [7, 11) is 4.73. The summed E-state index contributed by atoms with van der Waals surface area (Å²) in [5.74, 6) is 1.72. The average Bonchev–Trinajstić information content (AvgIpc) is 2.94. The van der Waals surface area contributed by atoms with Gasteiger partial charge in [-0.15, -0.1) is 0 Å². The number of methoxy groups -OCH3 is 3. The number of thioether (sulfide) groups is 1. The van der Waals surface area contributed by atoms with Crippen LogP contribution in [0.1, 0.15) is 5.56 Å². The summed E-state index contributed by atoms with van der Waals surface area (Å²) < 4.78 is 17.1. The highest BCUT2D eigenvalue weighted by atomic mass is 79.9. The van der Waals surface area contributed by atoms with Gasteiger partial charge in [-0.25, -0.2) is 0 Å². The van der Waals surface area contributed by atoms with Gasteiger partial charge in [0.05, 0.1) is 36.4 Å². The molecule has 1 heterocycles. The maximum Gasteiger partial charge on any atom is 0.270 e. The van der Waals surface area contributed by atoms with Gasteiger partial charge >= 0.3 is 0 Å². The van der Waals surface area contributed by atoms with Crippen molar-refractivity contribution >= 4 is 61.9 Å². The Morgan fingerprint density at radius 1 is 1.07 bits per heavy atom. The molecule has 140 valence electrons. The Morgan fingerprint density at radius 2 is 1.78 bits per heavy atom. The van der Waals surface area contributed by atoms with Crippen LogP contribution >= 0.6 is 39.9 Å². The number of ether oxygens (including phenoxy) is 3. The summed E-state index contributed by atoms with van der Waals surface area (Å²) in [4.78, 5) is 14.9. The van der Waals surface area contributed by atoms with Crippen molar-refractivity contribution in [1.29, 1.82) is 0 Å². The first kappa shape index (κ1) is 19.7. The molecule has 0 spiro atoms. The third-order valence-electron chi connectivity index (χ3n) is 3.88. The molecule has 0 unspecified atom stereocenters.